The van der Waals surface area contributed by atoms with Gasteiger partial charge in [0.2, 0.25) is 0 Å². The summed E-state index contributed by atoms with van der Waals surface area (Å²) >= 11 is 4.98. The number of benzene rings is 2. The van der Waals surface area contributed by atoms with Crippen molar-refractivity contribution in [3.8, 4) is 11.1 Å². The van der Waals surface area contributed by atoms with E-state index in [0.717, 1.165) is 5.56 Å². The van der Waals surface area contributed by atoms with Crippen molar-refractivity contribution in [3.63, 3.8) is 0 Å². The summed E-state index contributed by atoms with van der Waals surface area (Å²) in [4.78, 5) is 0. The molecule has 14 heavy (non-hydrogen) atoms. The SMILES string of the molecule is S=Cc1ccccc1-c1ccccc1. The number of thiocarbonyl (C=S) groups is 1. The minimum absolute atomic E-state index is 1.11. The second-order valence-corrected chi connectivity index (χ2v) is 3.31. The van der Waals surface area contributed by atoms with Crippen molar-refractivity contribution in [2.24, 2.45) is 0 Å². The lowest BCUT2D eigenvalue weighted by molar-refractivity contribution is 1.61. The fourth-order valence-electron chi connectivity index (χ4n) is 1.48. The Hall–Kier alpha value is -1.47. The first kappa shape index (κ1) is 9.10. The largest absolute Gasteiger partial charge is 0.0881 e. The highest BCUT2D eigenvalue weighted by atomic mass is 32.1. The first-order valence-corrected chi connectivity index (χ1v) is 4.98. The number of rotatable bonds is 2. The van der Waals surface area contributed by atoms with Crippen molar-refractivity contribution in [2.75, 3.05) is 0 Å². The molecule has 0 fully saturated rings. The molecule has 0 amide bonds. The van der Waals surface area contributed by atoms with Gasteiger partial charge in [0.25, 0.3) is 0 Å². The Balaban J connectivity index is 2.57. The number of hydrogen-bond acceptors (Lipinski definition) is 1. The molecule has 0 spiro atoms. The lowest BCUT2D eigenvalue weighted by Gasteiger charge is -2.04. The quantitative estimate of drug-likeness (QED) is 0.663. The second kappa shape index (κ2) is 4.16. The Labute approximate surface area is 89.2 Å². The van der Waals surface area contributed by atoms with E-state index in [0.29, 0.717) is 0 Å². The third kappa shape index (κ3) is 1.73. The van der Waals surface area contributed by atoms with Crippen molar-refractivity contribution in [1.29, 1.82) is 0 Å². The van der Waals surface area contributed by atoms with Crippen molar-refractivity contribution in [1.82, 2.24) is 0 Å². The molecule has 0 atom stereocenters. The summed E-state index contributed by atoms with van der Waals surface area (Å²) in [6, 6.07) is 18.4. The van der Waals surface area contributed by atoms with Crippen molar-refractivity contribution in [2.45, 2.75) is 0 Å². The summed E-state index contributed by atoms with van der Waals surface area (Å²) in [5.41, 5.74) is 3.51. The number of hydrogen-bond donors (Lipinski definition) is 0. The molecule has 0 saturated heterocycles. The summed E-state index contributed by atoms with van der Waals surface area (Å²) in [5.74, 6) is 0. The molecule has 2 aromatic rings. The van der Waals surface area contributed by atoms with Gasteiger partial charge in [0.1, 0.15) is 0 Å². The van der Waals surface area contributed by atoms with Crippen molar-refractivity contribution < 1.29 is 0 Å². The maximum Gasteiger partial charge on any atom is 0.00923 e. The van der Waals surface area contributed by atoms with Gasteiger partial charge in [-0.3, -0.25) is 0 Å². The molecule has 0 aliphatic carbocycles. The predicted octanol–water partition coefficient (Wildman–Crippen LogP) is 3.70. The van der Waals surface area contributed by atoms with E-state index in [2.05, 4.69) is 18.2 Å². The molecule has 0 aromatic heterocycles. The molecule has 0 aliphatic rings. The third-order valence-electron chi connectivity index (χ3n) is 2.17. The smallest absolute Gasteiger partial charge is 0.00923 e. The average molecular weight is 198 g/mol. The summed E-state index contributed by atoms with van der Waals surface area (Å²) < 4.78 is 0. The van der Waals surface area contributed by atoms with Gasteiger partial charge in [-0.05, 0) is 16.7 Å². The topological polar surface area (TPSA) is 0 Å². The van der Waals surface area contributed by atoms with E-state index in [4.69, 9.17) is 12.2 Å². The monoisotopic (exact) mass is 198 g/mol. The highest BCUT2D eigenvalue weighted by molar-refractivity contribution is 7.79. The van der Waals surface area contributed by atoms with Crippen LogP contribution >= 0.6 is 12.2 Å². The molecule has 0 radical (unpaired) electrons. The van der Waals surface area contributed by atoms with E-state index < -0.39 is 0 Å². The Bertz CT molecular complexity index is 432. The third-order valence-corrected chi connectivity index (χ3v) is 2.43. The molecule has 1 heteroatoms. The van der Waals surface area contributed by atoms with Crippen molar-refractivity contribution in [3.05, 3.63) is 60.2 Å². The van der Waals surface area contributed by atoms with E-state index in [1.807, 2.05) is 36.4 Å². The van der Waals surface area contributed by atoms with Gasteiger partial charge in [0.05, 0.1) is 0 Å². The van der Waals surface area contributed by atoms with Gasteiger partial charge in [-0.2, -0.15) is 0 Å². The first-order valence-electron chi connectivity index (χ1n) is 4.51. The Morgan fingerprint density at radius 1 is 0.786 bits per heavy atom. The van der Waals surface area contributed by atoms with Crippen LogP contribution in [0.3, 0.4) is 0 Å². The van der Waals surface area contributed by atoms with E-state index in [-0.39, 0.29) is 0 Å². The van der Waals surface area contributed by atoms with Gasteiger partial charge < -0.3 is 0 Å². The maximum atomic E-state index is 4.98. The van der Waals surface area contributed by atoms with Crippen molar-refractivity contribution >= 4 is 17.6 Å². The fraction of sp³-hybridized carbons (Fsp3) is 0. The molecule has 0 aliphatic heterocycles. The lowest BCUT2D eigenvalue weighted by Crippen LogP contribution is -1.85. The zero-order valence-corrected chi connectivity index (χ0v) is 8.50. The minimum Gasteiger partial charge on any atom is -0.0881 e. The van der Waals surface area contributed by atoms with Crippen LogP contribution in [0, 0.1) is 0 Å². The van der Waals surface area contributed by atoms with Gasteiger partial charge in [0, 0.05) is 5.37 Å². The zero-order chi connectivity index (χ0) is 9.80. The minimum atomic E-state index is 1.11. The van der Waals surface area contributed by atoms with E-state index >= 15 is 0 Å². The van der Waals surface area contributed by atoms with Crippen LogP contribution in [0.1, 0.15) is 5.56 Å². The Morgan fingerprint density at radius 3 is 2.14 bits per heavy atom. The molecule has 0 saturated carbocycles. The highest BCUT2D eigenvalue weighted by Gasteiger charge is 1.99. The van der Waals surface area contributed by atoms with Crippen LogP contribution in [0.5, 0.6) is 0 Å². The van der Waals surface area contributed by atoms with Crippen LogP contribution in [0.4, 0.5) is 0 Å². The van der Waals surface area contributed by atoms with Gasteiger partial charge in [-0.1, -0.05) is 66.8 Å². The molecule has 68 valence electrons. The standard InChI is InChI=1S/C13H10S/c14-10-12-8-4-5-9-13(12)11-6-2-1-3-7-11/h1-10H. The predicted molar refractivity (Wildman–Crippen MR) is 64.6 cm³/mol. The van der Waals surface area contributed by atoms with Crippen LogP contribution in [0.25, 0.3) is 11.1 Å². The molecule has 2 aromatic carbocycles. The summed E-state index contributed by atoms with van der Waals surface area (Å²) in [6.07, 6.45) is 0. The van der Waals surface area contributed by atoms with Gasteiger partial charge in [-0.25, -0.2) is 0 Å². The first-order chi connectivity index (χ1) is 6.92. The summed E-state index contributed by atoms with van der Waals surface area (Å²) in [5, 5.41) is 1.72. The van der Waals surface area contributed by atoms with Gasteiger partial charge in [-0.15, -0.1) is 0 Å². The van der Waals surface area contributed by atoms with Crippen LogP contribution in [-0.4, -0.2) is 5.37 Å². The van der Waals surface area contributed by atoms with Crippen LogP contribution in [-0.2, 0) is 0 Å². The molecular weight excluding hydrogens is 188 g/mol. The maximum absolute atomic E-state index is 4.98. The molecule has 0 bridgehead atoms. The molecule has 0 N–H and O–H groups in total. The van der Waals surface area contributed by atoms with E-state index in [1.54, 1.807) is 5.37 Å². The van der Waals surface area contributed by atoms with Crippen LogP contribution in [0.15, 0.2) is 54.6 Å². The molecule has 2 rings (SSSR count). The zero-order valence-electron chi connectivity index (χ0n) is 7.68. The fourth-order valence-corrected chi connectivity index (χ4v) is 1.69. The second-order valence-electron chi connectivity index (χ2n) is 3.07. The molecule has 0 unspecified atom stereocenters. The van der Waals surface area contributed by atoms with Crippen LogP contribution < -0.4 is 0 Å². The van der Waals surface area contributed by atoms with Gasteiger partial charge >= 0.3 is 0 Å². The molecule has 0 heterocycles. The van der Waals surface area contributed by atoms with Crippen LogP contribution in [0.2, 0.25) is 0 Å². The van der Waals surface area contributed by atoms with E-state index in [9.17, 15) is 0 Å². The Morgan fingerprint density at radius 2 is 1.43 bits per heavy atom. The van der Waals surface area contributed by atoms with E-state index in [1.165, 1.54) is 11.1 Å². The summed E-state index contributed by atoms with van der Waals surface area (Å²) in [7, 11) is 0. The summed E-state index contributed by atoms with van der Waals surface area (Å²) in [6.45, 7) is 0. The highest BCUT2D eigenvalue weighted by Crippen LogP contribution is 2.21. The normalized spacial score (nSPS) is 9.71. The molecule has 0 nitrogen and oxygen atoms in total. The lowest BCUT2D eigenvalue weighted by atomic mass is 10.0. The average Bonchev–Trinajstić information content (AvgIpc) is 2.30. The van der Waals surface area contributed by atoms with Gasteiger partial charge in [0.15, 0.2) is 0 Å². The molecular formula is C13H10S. The Kier molecular flexibility index (Phi) is 2.70.